The summed E-state index contributed by atoms with van der Waals surface area (Å²) in [5.74, 6) is 0. The fourth-order valence-electron chi connectivity index (χ4n) is 2.39. The largest absolute Gasteiger partial charge is 0.377 e. The van der Waals surface area contributed by atoms with Gasteiger partial charge in [-0.25, -0.2) is 0 Å². The number of hydrogen-bond donors (Lipinski definition) is 1. The number of morpholine rings is 1. The SMILES string of the molecule is CCNCc1ccncc1N1CCOCC1CC. The molecule has 0 spiro atoms. The maximum Gasteiger partial charge on any atom is 0.0670 e. The Bertz CT molecular complexity index is 370. The van der Waals surface area contributed by atoms with Crippen molar-refractivity contribution in [2.45, 2.75) is 32.9 Å². The van der Waals surface area contributed by atoms with Crippen LogP contribution in [0.25, 0.3) is 0 Å². The first-order valence-corrected chi connectivity index (χ1v) is 6.84. The Morgan fingerprint density at radius 3 is 3.17 bits per heavy atom. The Labute approximate surface area is 109 Å². The molecule has 1 aromatic heterocycles. The summed E-state index contributed by atoms with van der Waals surface area (Å²) in [6, 6.07) is 2.59. The van der Waals surface area contributed by atoms with Crippen LogP contribution in [0.4, 0.5) is 5.69 Å². The molecule has 100 valence electrons. The number of ether oxygens (including phenoxy) is 1. The highest BCUT2D eigenvalue weighted by atomic mass is 16.5. The maximum absolute atomic E-state index is 5.57. The van der Waals surface area contributed by atoms with Gasteiger partial charge in [0, 0.05) is 19.3 Å². The van der Waals surface area contributed by atoms with Crippen LogP contribution >= 0.6 is 0 Å². The van der Waals surface area contributed by atoms with Gasteiger partial charge in [-0.3, -0.25) is 4.98 Å². The second-order valence-electron chi connectivity index (χ2n) is 4.62. The molecule has 2 heterocycles. The quantitative estimate of drug-likeness (QED) is 0.863. The molecule has 18 heavy (non-hydrogen) atoms. The van der Waals surface area contributed by atoms with Gasteiger partial charge in [-0.05, 0) is 24.6 Å². The van der Waals surface area contributed by atoms with E-state index in [1.165, 1.54) is 11.3 Å². The number of anilines is 1. The third kappa shape index (κ3) is 3.00. The number of hydrogen-bond acceptors (Lipinski definition) is 4. The highest BCUT2D eigenvalue weighted by Crippen LogP contribution is 2.24. The third-order valence-electron chi connectivity index (χ3n) is 3.46. The predicted octanol–water partition coefficient (Wildman–Crippen LogP) is 1.81. The zero-order valence-electron chi connectivity index (χ0n) is 11.4. The second-order valence-corrected chi connectivity index (χ2v) is 4.62. The third-order valence-corrected chi connectivity index (χ3v) is 3.46. The normalized spacial score (nSPS) is 20.1. The Kier molecular flexibility index (Phi) is 4.96. The van der Waals surface area contributed by atoms with Crippen molar-refractivity contribution < 1.29 is 4.74 Å². The number of pyridine rings is 1. The predicted molar refractivity (Wildman–Crippen MR) is 73.9 cm³/mol. The minimum atomic E-state index is 0.475. The number of aromatic nitrogens is 1. The van der Waals surface area contributed by atoms with Crippen LogP contribution in [0.1, 0.15) is 25.8 Å². The molecule has 4 nitrogen and oxygen atoms in total. The van der Waals surface area contributed by atoms with Gasteiger partial charge in [0.15, 0.2) is 0 Å². The van der Waals surface area contributed by atoms with Crippen molar-refractivity contribution in [1.82, 2.24) is 10.3 Å². The molecule has 2 rings (SSSR count). The molecule has 1 aliphatic rings. The molecular formula is C14H23N3O. The molecule has 1 unspecified atom stereocenters. The Balaban J connectivity index is 2.19. The van der Waals surface area contributed by atoms with Crippen LogP contribution < -0.4 is 10.2 Å². The van der Waals surface area contributed by atoms with Crippen LogP contribution in [0.5, 0.6) is 0 Å². The first kappa shape index (κ1) is 13.3. The molecule has 0 bridgehead atoms. The second kappa shape index (κ2) is 6.71. The molecule has 0 aromatic carbocycles. The maximum atomic E-state index is 5.57. The average molecular weight is 249 g/mol. The lowest BCUT2D eigenvalue weighted by molar-refractivity contribution is 0.0928. The molecule has 1 saturated heterocycles. The molecule has 0 saturated carbocycles. The van der Waals surface area contributed by atoms with Crippen LogP contribution in [0, 0.1) is 0 Å². The fourth-order valence-corrected chi connectivity index (χ4v) is 2.39. The minimum absolute atomic E-state index is 0.475. The molecule has 1 N–H and O–H groups in total. The van der Waals surface area contributed by atoms with Crippen molar-refractivity contribution >= 4 is 5.69 Å². The molecule has 1 aliphatic heterocycles. The van der Waals surface area contributed by atoms with Gasteiger partial charge in [0.1, 0.15) is 0 Å². The summed E-state index contributed by atoms with van der Waals surface area (Å²) in [4.78, 5) is 6.73. The van der Waals surface area contributed by atoms with Gasteiger partial charge in [0.05, 0.1) is 31.1 Å². The van der Waals surface area contributed by atoms with Crippen molar-refractivity contribution in [1.29, 1.82) is 0 Å². The zero-order chi connectivity index (χ0) is 12.8. The smallest absolute Gasteiger partial charge is 0.0670 e. The van der Waals surface area contributed by atoms with Crippen LogP contribution in [-0.2, 0) is 11.3 Å². The Morgan fingerprint density at radius 1 is 1.50 bits per heavy atom. The van der Waals surface area contributed by atoms with Crippen molar-refractivity contribution in [3.8, 4) is 0 Å². The van der Waals surface area contributed by atoms with Crippen LogP contribution in [0.15, 0.2) is 18.5 Å². The van der Waals surface area contributed by atoms with E-state index in [-0.39, 0.29) is 0 Å². The van der Waals surface area contributed by atoms with E-state index in [4.69, 9.17) is 4.74 Å². The first-order chi connectivity index (χ1) is 8.86. The Morgan fingerprint density at radius 2 is 2.39 bits per heavy atom. The van der Waals surface area contributed by atoms with Crippen molar-refractivity contribution in [3.05, 3.63) is 24.0 Å². The average Bonchev–Trinajstić information content (AvgIpc) is 2.45. The van der Waals surface area contributed by atoms with E-state index in [0.717, 1.165) is 39.3 Å². The van der Waals surface area contributed by atoms with E-state index in [9.17, 15) is 0 Å². The molecule has 0 radical (unpaired) electrons. The van der Waals surface area contributed by atoms with Gasteiger partial charge in [0.2, 0.25) is 0 Å². The topological polar surface area (TPSA) is 37.4 Å². The fraction of sp³-hybridized carbons (Fsp3) is 0.643. The van der Waals surface area contributed by atoms with E-state index in [0.29, 0.717) is 6.04 Å². The van der Waals surface area contributed by atoms with E-state index >= 15 is 0 Å². The first-order valence-electron chi connectivity index (χ1n) is 6.84. The van der Waals surface area contributed by atoms with Gasteiger partial charge in [-0.2, -0.15) is 0 Å². The summed E-state index contributed by atoms with van der Waals surface area (Å²) in [5, 5.41) is 3.39. The zero-order valence-corrected chi connectivity index (χ0v) is 11.4. The Hall–Kier alpha value is -1.13. The lowest BCUT2D eigenvalue weighted by Gasteiger charge is -2.37. The van der Waals surface area contributed by atoms with Gasteiger partial charge >= 0.3 is 0 Å². The highest BCUT2D eigenvalue weighted by molar-refractivity contribution is 5.53. The van der Waals surface area contributed by atoms with E-state index in [1.54, 1.807) is 0 Å². The monoisotopic (exact) mass is 249 g/mol. The molecule has 1 aromatic rings. The number of nitrogens with zero attached hydrogens (tertiary/aromatic N) is 2. The summed E-state index contributed by atoms with van der Waals surface area (Å²) in [6.45, 7) is 8.84. The number of nitrogens with one attached hydrogen (secondary N) is 1. The lowest BCUT2D eigenvalue weighted by atomic mass is 10.1. The van der Waals surface area contributed by atoms with E-state index < -0.39 is 0 Å². The van der Waals surface area contributed by atoms with Crippen LogP contribution in [0.2, 0.25) is 0 Å². The standard InChI is InChI=1S/C14H23N3O/c1-3-13-11-18-8-7-17(13)14-10-16-6-5-12(14)9-15-4-2/h5-6,10,13,15H,3-4,7-9,11H2,1-2H3. The van der Waals surface area contributed by atoms with Crippen LogP contribution in [0.3, 0.4) is 0 Å². The van der Waals surface area contributed by atoms with Gasteiger partial charge in [-0.1, -0.05) is 13.8 Å². The van der Waals surface area contributed by atoms with E-state index in [2.05, 4.69) is 35.1 Å². The highest BCUT2D eigenvalue weighted by Gasteiger charge is 2.23. The summed E-state index contributed by atoms with van der Waals surface area (Å²) in [5.41, 5.74) is 2.58. The summed E-state index contributed by atoms with van der Waals surface area (Å²) >= 11 is 0. The molecule has 1 atom stereocenters. The minimum Gasteiger partial charge on any atom is -0.377 e. The number of rotatable bonds is 5. The molecule has 0 aliphatic carbocycles. The van der Waals surface area contributed by atoms with Gasteiger partial charge < -0.3 is 15.0 Å². The summed E-state index contributed by atoms with van der Waals surface area (Å²) in [7, 11) is 0. The summed E-state index contributed by atoms with van der Waals surface area (Å²) < 4.78 is 5.57. The van der Waals surface area contributed by atoms with Gasteiger partial charge in [-0.15, -0.1) is 0 Å². The lowest BCUT2D eigenvalue weighted by Crippen LogP contribution is -2.45. The van der Waals surface area contributed by atoms with Crippen molar-refractivity contribution in [3.63, 3.8) is 0 Å². The van der Waals surface area contributed by atoms with Crippen molar-refractivity contribution in [2.24, 2.45) is 0 Å². The van der Waals surface area contributed by atoms with E-state index in [1.807, 2.05) is 12.4 Å². The molecule has 0 amide bonds. The van der Waals surface area contributed by atoms with Crippen molar-refractivity contribution in [2.75, 3.05) is 31.2 Å². The van der Waals surface area contributed by atoms with Crippen LogP contribution in [-0.4, -0.2) is 37.3 Å². The van der Waals surface area contributed by atoms with Gasteiger partial charge in [0.25, 0.3) is 0 Å². The molecular weight excluding hydrogens is 226 g/mol. The molecule has 4 heteroatoms. The molecule has 1 fully saturated rings. The summed E-state index contributed by atoms with van der Waals surface area (Å²) in [6.07, 6.45) is 4.97.